The quantitative estimate of drug-likeness (QED) is 0.162. The highest BCUT2D eigenvalue weighted by Gasteiger charge is 2.11. The highest BCUT2D eigenvalue weighted by atomic mass is 16.5. The molecule has 4 aromatic carbocycles. The minimum Gasteiger partial charge on any atom is -0.493 e. The van der Waals surface area contributed by atoms with Gasteiger partial charge in [-0.3, -0.25) is 4.79 Å². The van der Waals surface area contributed by atoms with Crippen LogP contribution in [0.3, 0.4) is 0 Å². The molecule has 188 valence electrons. The van der Waals surface area contributed by atoms with Crippen LogP contribution < -0.4 is 24.4 Å². The van der Waals surface area contributed by atoms with Crippen molar-refractivity contribution < 1.29 is 23.7 Å². The number of benzene rings is 4. The Morgan fingerprint density at radius 3 is 2.41 bits per heavy atom. The number of hydrazone groups is 1. The Balaban J connectivity index is 1.40. The van der Waals surface area contributed by atoms with E-state index >= 15 is 0 Å². The number of amides is 1. The van der Waals surface area contributed by atoms with Gasteiger partial charge >= 0.3 is 0 Å². The zero-order chi connectivity index (χ0) is 26.0. The lowest BCUT2D eigenvalue weighted by atomic mass is 10.1. The van der Waals surface area contributed by atoms with Gasteiger partial charge in [-0.05, 0) is 58.3 Å². The SMILES string of the molecule is C=CCOc1ccc(C(=O)N/N=C/c2ccc(OCc3cccc4ccccc34)c(OC)c2)cc1OC. The predicted molar refractivity (Wildman–Crippen MR) is 145 cm³/mol. The van der Waals surface area contributed by atoms with Crippen LogP contribution in [0.2, 0.25) is 0 Å². The molecule has 1 amide bonds. The highest BCUT2D eigenvalue weighted by Crippen LogP contribution is 2.30. The molecule has 0 atom stereocenters. The van der Waals surface area contributed by atoms with E-state index in [9.17, 15) is 4.79 Å². The summed E-state index contributed by atoms with van der Waals surface area (Å²) in [4.78, 5) is 12.5. The van der Waals surface area contributed by atoms with Gasteiger partial charge in [0.15, 0.2) is 23.0 Å². The van der Waals surface area contributed by atoms with Crippen LogP contribution in [0, 0.1) is 0 Å². The third kappa shape index (κ3) is 6.27. The number of ether oxygens (including phenoxy) is 4. The summed E-state index contributed by atoms with van der Waals surface area (Å²) < 4.78 is 22.4. The van der Waals surface area contributed by atoms with Crippen LogP contribution in [-0.4, -0.2) is 32.9 Å². The van der Waals surface area contributed by atoms with Crippen LogP contribution in [0.5, 0.6) is 23.0 Å². The van der Waals surface area contributed by atoms with Gasteiger partial charge < -0.3 is 18.9 Å². The summed E-state index contributed by atoms with van der Waals surface area (Å²) in [6.45, 7) is 4.36. The van der Waals surface area contributed by atoms with E-state index in [0.29, 0.717) is 41.8 Å². The van der Waals surface area contributed by atoms with Gasteiger partial charge in [0.05, 0.1) is 20.4 Å². The molecule has 37 heavy (non-hydrogen) atoms. The van der Waals surface area contributed by atoms with Crippen molar-refractivity contribution in [2.24, 2.45) is 5.10 Å². The second-order valence-electron chi connectivity index (χ2n) is 8.00. The normalized spacial score (nSPS) is 10.8. The maximum absolute atomic E-state index is 12.5. The van der Waals surface area contributed by atoms with Crippen LogP contribution >= 0.6 is 0 Å². The average molecular weight is 497 g/mol. The standard InChI is InChI=1S/C30H28N2O5/c1-4-16-36-26-15-13-23(18-29(26)35-3)30(33)32-31-19-21-12-14-27(28(17-21)34-2)37-20-24-10-7-9-22-8-5-6-11-25(22)24/h4-15,17-19H,1,16,20H2,2-3H3,(H,32,33)/b31-19+. The van der Waals surface area contributed by atoms with Gasteiger partial charge in [-0.25, -0.2) is 5.43 Å². The molecule has 0 saturated heterocycles. The Labute approximate surface area is 215 Å². The van der Waals surface area contributed by atoms with Gasteiger partial charge in [-0.2, -0.15) is 5.10 Å². The van der Waals surface area contributed by atoms with Crippen LogP contribution in [0.1, 0.15) is 21.5 Å². The van der Waals surface area contributed by atoms with E-state index in [1.807, 2.05) is 30.3 Å². The van der Waals surface area contributed by atoms with Crippen LogP contribution in [0.25, 0.3) is 10.8 Å². The van der Waals surface area contributed by atoms with Gasteiger partial charge in [0.25, 0.3) is 5.91 Å². The Morgan fingerprint density at radius 2 is 1.59 bits per heavy atom. The Bertz CT molecular complexity index is 1430. The van der Waals surface area contributed by atoms with Crippen LogP contribution in [0.15, 0.2) is 96.6 Å². The molecule has 0 aliphatic rings. The molecule has 7 nitrogen and oxygen atoms in total. The van der Waals surface area contributed by atoms with E-state index in [1.165, 1.54) is 18.7 Å². The molecule has 4 aromatic rings. The number of rotatable bonds is 11. The van der Waals surface area contributed by atoms with Gasteiger partial charge in [-0.15, -0.1) is 0 Å². The van der Waals surface area contributed by atoms with Crippen molar-refractivity contribution in [2.75, 3.05) is 20.8 Å². The smallest absolute Gasteiger partial charge is 0.271 e. The molecule has 0 saturated carbocycles. The molecule has 0 heterocycles. The molecule has 7 heteroatoms. The summed E-state index contributed by atoms with van der Waals surface area (Å²) in [6, 6.07) is 24.7. The average Bonchev–Trinajstić information content (AvgIpc) is 2.95. The first-order valence-corrected chi connectivity index (χ1v) is 11.7. The van der Waals surface area contributed by atoms with E-state index in [-0.39, 0.29) is 5.91 Å². The van der Waals surface area contributed by atoms with E-state index in [4.69, 9.17) is 18.9 Å². The molecule has 0 aliphatic heterocycles. The Morgan fingerprint density at radius 1 is 0.865 bits per heavy atom. The summed E-state index contributed by atoms with van der Waals surface area (Å²) in [6.07, 6.45) is 3.17. The van der Waals surface area contributed by atoms with Crippen molar-refractivity contribution in [2.45, 2.75) is 6.61 Å². The Hall–Kier alpha value is -4.78. The molecular formula is C30H28N2O5. The van der Waals surface area contributed by atoms with Crippen molar-refractivity contribution in [1.82, 2.24) is 5.43 Å². The van der Waals surface area contributed by atoms with Crippen molar-refractivity contribution in [3.63, 3.8) is 0 Å². The largest absolute Gasteiger partial charge is 0.493 e. The third-order valence-electron chi connectivity index (χ3n) is 5.61. The van der Waals surface area contributed by atoms with Crippen molar-refractivity contribution in [1.29, 1.82) is 0 Å². The fourth-order valence-electron chi connectivity index (χ4n) is 3.76. The maximum Gasteiger partial charge on any atom is 0.271 e. The number of carbonyl (C=O) groups is 1. The first kappa shape index (κ1) is 25.3. The van der Waals surface area contributed by atoms with E-state index in [2.05, 4.69) is 41.4 Å². The summed E-state index contributed by atoms with van der Waals surface area (Å²) >= 11 is 0. The maximum atomic E-state index is 12.5. The number of methoxy groups -OCH3 is 2. The minimum absolute atomic E-state index is 0.336. The number of nitrogens with one attached hydrogen (secondary N) is 1. The fraction of sp³-hybridized carbons (Fsp3) is 0.133. The first-order chi connectivity index (χ1) is 18.1. The number of hydrogen-bond donors (Lipinski definition) is 1. The lowest BCUT2D eigenvalue weighted by Gasteiger charge is -2.13. The minimum atomic E-state index is -0.383. The van der Waals surface area contributed by atoms with Crippen LogP contribution in [-0.2, 0) is 6.61 Å². The summed E-state index contributed by atoms with van der Waals surface area (Å²) in [5.74, 6) is 1.77. The molecule has 0 fully saturated rings. The number of carbonyl (C=O) groups excluding carboxylic acids is 1. The van der Waals surface area contributed by atoms with Gasteiger partial charge in [0, 0.05) is 5.56 Å². The topological polar surface area (TPSA) is 78.4 Å². The predicted octanol–water partition coefficient (Wildman–Crippen LogP) is 5.76. The zero-order valence-electron chi connectivity index (χ0n) is 20.8. The number of fused-ring (bicyclic) bond motifs is 1. The molecule has 0 unspecified atom stereocenters. The van der Waals surface area contributed by atoms with Crippen molar-refractivity contribution in [3.8, 4) is 23.0 Å². The van der Waals surface area contributed by atoms with E-state index in [0.717, 1.165) is 16.5 Å². The van der Waals surface area contributed by atoms with Gasteiger partial charge in [0.1, 0.15) is 13.2 Å². The summed E-state index contributed by atoms with van der Waals surface area (Å²) in [7, 11) is 3.09. The molecule has 0 radical (unpaired) electrons. The van der Waals surface area contributed by atoms with Crippen molar-refractivity contribution in [3.05, 3.63) is 108 Å². The molecule has 0 aromatic heterocycles. The van der Waals surface area contributed by atoms with Gasteiger partial charge in [-0.1, -0.05) is 55.1 Å². The summed E-state index contributed by atoms with van der Waals surface area (Å²) in [5, 5.41) is 6.39. The lowest BCUT2D eigenvalue weighted by Crippen LogP contribution is -2.17. The fourth-order valence-corrected chi connectivity index (χ4v) is 3.76. The molecular weight excluding hydrogens is 468 g/mol. The van der Waals surface area contributed by atoms with E-state index < -0.39 is 0 Å². The number of nitrogens with zero attached hydrogens (tertiary/aromatic N) is 1. The number of hydrogen-bond acceptors (Lipinski definition) is 6. The van der Waals surface area contributed by atoms with Gasteiger partial charge in [0.2, 0.25) is 0 Å². The molecule has 4 rings (SSSR count). The second kappa shape index (κ2) is 12.3. The van der Waals surface area contributed by atoms with Crippen molar-refractivity contribution >= 4 is 22.9 Å². The molecule has 0 spiro atoms. The molecule has 0 aliphatic carbocycles. The molecule has 1 N–H and O–H groups in total. The lowest BCUT2D eigenvalue weighted by molar-refractivity contribution is 0.0954. The molecule has 0 bridgehead atoms. The highest BCUT2D eigenvalue weighted by molar-refractivity contribution is 5.95. The Kier molecular flexibility index (Phi) is 8.39. The summed E-state index contributed by atoms with van der Waals surface area (Å²) in [5.41, 5.74) is 4.73. The monoisotopic (exact) mass is 496 g/mol. The zero-order valence-corrected chi connectivity index (χ0v) is 20.8. The van der Waals surface area contributed by atoms with E-state index in [1.54, 1.807) is 37.5 Å². The first-order valence-electron chi connectivity index (χ1n) is 11.7. The second-order valence-corrected chi connectivity index (χ2v) is 8.00. The third-order valence-corrected chi connectivity index (χ3v) is 5.61. The van der Waals surface area contributed by atoms with Crippen LogP contribution in [0.4, 0.5) is 0 Å².